The second kappa shape index (κ2) is 8.47. The Morgan fingerprint density at radius 3 is 2.47 bits per heavy atom. The first-order chi connectivity index (χ1) is 14.7. The summed E-state index contributed by atoms with van der Waals surface area (Å²) in [5.41, 5.74) is 5.82. The number of nitrogens with zero attached hydrogens (tertiary/aromatic N) is 1. The zero-order valence-corrected chi connectivity index (χ0v) is 18.5. The van der Waals surface area contributed by atoms with Gasteiger partial charge in [0, 0.05) is 30.0 Å². The molecule has 1 saturated carbocycles. The molecule has 1 atom stereocenters. The van der Waals surface area contributed by atoms with Crippen molar-refractivity contribution in [2.45, 2.75) is 81.3 Å². The molecule has 1 aromatic carbocycles. The highest BCUT2D eigenvalue weighted by Gasteiger charge is 2.47. The normalized spacial score (nSPS) is 26.0. The molecule has 158 valence electrons. The van der Waals surface area contributed by atoms with E-state index in [1.807, 2.05) is 0 Å². The third kappa shape index (κ3) is 4.09. The Kier molecular flexibility index (Phi) is 5.72. The Labute approximate surface area is 182 Å². The molecule has 1 N–H and O–H groups in total. The molecular formula is C26H35BN2O. The number of fused-ring (bicyclic) bond motifs is 1. The SMILES string of the molecule is Bc1ccc(C2(CCNC3Cc4ccccc4C3)CCOC3(CCCCC3)C2)nc1. The zero-order valence-electron chi connectivity index (χ0n) is 18.5. The van der Waals surface area contributed by atoms with Crippen molar-refractivity contribution in [3.8, 4) is 0 Å². The van der Waals surface area contributed by atoms with E-state index in [1.165, 1.54) is 67.2 Å². The van der Waals surface area contributed by atoms with Crippen molar-refractivity contribution in [3.05, 3.63) is 59.4 Å². The minimum absolute atomic E-state index is 0.0899. The molecule has 2 aliphatic carbocycles. The van der Waals surface area contributed by atoms with E-state index >= 15 is 0 Å². The fourth-order valence-corrected chi connectivity index (χ4v) is 6.30. The second-order valence-corrected chi connectivity index (χ2v) is 10.1. The molecule has 30 heavy (non-hydrogen) atoms. The summed E-state index contributed by atoms with van der Waals surface area (Å²) < 4.78 is 6.48. The molecule has 0 amide bonds. The van der Waals surface area contributed by atoms with Crippen LogP contribution in [-0.2, 0) is 23.0 Å². The molecule has 3 nitrogen and oxygen atoms in total. The summed E-state index contributed by atoms with van der Waals surface area (Å²) in [7, 11) is 2.13. The van der Waals surface area contributed by atoms with Crippen LogP contribution < -0.4 is 10.8 Å². The Morgan fingerprint density at radius 1 is 1.00 bits per heavy atom. The van der Waals surface area contributed by atoms with Crippen LogP contribution in [0.3, 0.4) is 0 Å². The summed E-state index contributed by atoms with van der Waals surface area (Å²) in [5, 5.41) is 3.90. The molecule has 1 aliphatic heterocycles. The first-order valence-electron chi connectivity index (χ1n) is 12.0. The monoisotopic (exact) mass is 402 g/mol. The largest absolute Gasteiger partial charge is 0.375 e. The van der Waals surface area contributed by atoms with Gasteiger partial charge in [-0.05, 0) is 68.7 Å². The van der Waals surface area contributed by atoms with Gasteiger partial charge in [-0.3, -0.25) is 4.98 Å². The van der Waals surface area contributed by atoms with Gasteiger partial charge in [-0.2, -0.15) is 0 Å². The van der Waals surface area contributed by atoms with Crippen molar-refractivity contribution in [3.63, 3.8) is 0 Å². The van der Waals surface area contributed by atoms with E-state index < -0.39 is 0 Å². The average molecular weight is 402 g/mol. The molecule has 1 unspecified atom stereocenters. The lowest BCUT2D eigenvalue weighted by atomic mass is 9.65. The molecule has 5 rings (SSSR count). The maximum atomic E-state index is 6.48. The van der Waals surface area contributed by atoms with E-state index in [4.69, 9.17) is 9.72 Å². The van der Waals surface area contributed by atoms with Gasteiger partial charge in [0.05, 0.1) is 5.60 Å². The van der Waals surface area contributed by atoms with E-state index in [0.29, 0.717) is 6.04 Å². The molecule has 0 radical (unpaired) electrons. The van der Waals surface area contributed by atoms with Crippen LogP contribution in [0.2, 0.25) is 0 Å². The predicted molar refractivity (Wildman–Crippen MR) is 125 cm³/mol. The van der Waals surface area contributed by atoms with Gasteiger partial charge in [0.2, 0.25) is 0 Å². The molecule has 2 heterocycles. The smallest absolute Gasteiger partial charge is 0.141 e. The average Bonchev–Trinajstić information content (AvgIpc) is 3.18. The van der Waals surface area contributed by atoms with Crippen molar-refractivity contribution in [2.75, 3.05) is 13.2 Å². The van der Waals surface area contributed by atoms with Gasteiger partial charge in [-0.25, -0.2) is 0 Å². The van der Waals surface area contributed by atoms with Crippen molar-refractivity contribution in [1.29, 1.82) is 0 Å². The third-order valence-electron chi connectivity index (χ3n) is 7.96. The third-order valence-corrected chi connectivity index (χ3v) is 7.96. The summed E-state index contributed by atoms with van der Waals surface area (Å²) in [6, 6.07) is 14.0. The standard InChI is InChI=1S/C26H35BN2O/c27-22-8-9-24(29-18-22)25(13-15-30-26(19-25)10-4-1-5-11-26)12-14-28-23-16-20-6-2-3-7-21(20)17-23/h2-3,6-9,18,23,28H,1,4-5,10-17,19,27H2. The number of nitrogens with one attached hydrogen (secondary N) is 1. The highest BCUT2D eigenvalue weighted by atomic mass is 16.5. The molecule has 3 aliphatic rings. The molecule has 1 spiro atoms. The van der Waals surface area contributed by atoms with E-state index in [1.54, 1.807) is 0 Å². The first kappa shape index (κ1) is 20.3. The molecule has 2 fully saturated rings. The summed E-state index contributed by atoms with van der Waals surface area (Å²) in [4.78, 5) is 4.95. The fraction of sp³-hybridized carbons (Fsp3) is 0.577. The highest BCUT2D eigenvalue weighted by Crippen LogP contribution is 2.48. The van der Waals surface area contributed by atoms with E-state index in [0.717, 1.165) is 32.4 Å². The number of rotatable bonds is 5. The number of pyridine rings is 1. The summed E-state index contributed by atoms with van der Waals surface area (Å²) in [5.74, 6) is 0. The van der Waals surface area contributed by atoms with Gasteiger partial charge < -0.3 is 10.1 Å². The zero-order chi connectivity index (χ0) is 20.4. The van der Waals surface area contributed by atoms with E-state index in [9.17, 15) is 0 Å². The number of ether oxygens (including phenoxy) is 1. The van der Waals surface area contributed by atoms with Gasteiger partial charge in [0.1, 0.15) is 7.85 Å². The fourth-order valence-electron chi connectivity index (χ4n) is 6.30. The van der Waals surface area contributed by atoms with Crippen molar-refractivity contribution in [1.82, 2.24) is 10.3 Å². The molecule has 2 aromatic rings. The van der Waals surface area contributed by atoms with E-state index in [2.05, 4.69) is 55.8 Å². The van der Waals surface area contributed by atoms with Gasteiger partial charge >= 0.3 is 0 Å². The van der Waals surface area contributed by atoms with Crippen LogP contribution in [0.4, 0.5) is 0 Å². The minimum atomic E-state index is 0.0899. The maximum absolute atomic E-state index is 6.48. The van der Waals surface area contributed by atoms with Crippen molar-refractivity contribution < 1.29 is 4.74 Å². The maximum Gasteiger partial charge on any atom is 0.141 e. The Balaban J connectivity index is 1.31. The number of benzene rings is 1. The summed E-state index contributed by atoms with van der Waals surface area (Å²) in [6.45, 7) is 1.94. The van der Waals surface area contributed by atoms with E-state index in [-0.39, 0.29) is 11.0 Å². The lowest BCUT2D eigenvalue weighted by molar-refractivity contribution is -0.127. The predicted octanol–water partition coefficient (Wildman–Crippen LogP) is 3.24. The van der Waals surface area contributed by atoms with Gasteiger partial charge in [-0.1, -0.05) is 55.1 Å². The van der Waals surface area contributed by atoms with Gasteiger partial charge in [0.15, 0.2) is 0 Å². The summed E-state index contributed by atoms with van der Waals surface area (Å²) in [6.07, 6.45) is 14.2. The molecule has 1 aromatic heterocycles. The van der Waals surface area contributed by atoms with Crippen LogP contribution in [0.1, 0.15) is 68.2 Å². The molecular weight excluding hydrogens is 367 g/mol. The Bertz CT molecular complexity index is 831. The van der Waals surface area contributed by atoms with Crippen molar-refractivity contribution in [2.24, 2.45) is 0 Å². The molecule has 4 heteroatoms. The van der Waals surface area contributed by atoms with Crippen LogP contribution in [0.5, 0.6) is 0 Å². The number of aromatic nitrogens is 1. The number of hydrogen-bond acceptors (Lipinski definition) is 3. The van der Waals surface area contributed by atoms with Crippen LogP contribution in [0, 0.1) is 0 Å². The topological polar surface area (TPSA) is 34.1 Å². The highest BCUT2D eigenvalue weighted by molar-refractivity contribution is 6.32. The first-order valence-corrected chi connectivity index (χ1v) is 12.0. The Hall–Kier alpha value is -1.65. The lowest BCUT2D eigenvalue weighted by Crippen LogP contribution is -2.50. The van der Waals surface area contributed by atoms with Gasteiger partial charge in [0.25, 0.3) is 0 Å². The van der Waals surface area contributed by atoms with Crippen LogP contribution >= 0.6 is 0 Å². The Morgan fingerprint density at radius 2 is 1.77 bits per heavy atom. The van der Waals surface area contributed by atoms with Crippen LogP contribution in [0.15, 0.2) is 42.6 Å². The van der Waals surface area contributed by atoms with Crippen LogP contribution in [0.25, 0.3) is 0 Å². The minimum Gasteiger partial charge on any atom is -0.375 e. The quantitative estimate of drug-likeness (QED) is 0.780. The molecule has 0 bridgehead atoms. The van der Waals surface area contributed by atoms with Crippen molar-refractivity contribution >= 4 is 13.3 Å². The summed E-state index contributed by atoms with van der Waals surface area (Å²) >= 11 is 0. The van der Waals surface area contributed by atoms with Gasteiger partial charge in [-0.15, -0.1) is 0 Å². The lowest BCUT2D eigenvalue weighted by Gasteiger charge is -2.49. The van der Waals surface area contributed by atoms with Crippen LogP contribution in [-0.4, -0.2) is 37.6 Å². The second-order valence-electron chi connectivity index (χ2n) is 10.1. The molecule has 1 saturated heterocycles. The number of hydrogen-bond donors (Lipinski definition) is 1.